The molecule has 6 nitrogen and oxygen atoms in total. The molecule has 27 heavy (non-hydrogen) atoms. The molecule has 0 aliphatic carbocycles. The topological polar surface area (TPSA) is 79.6 Å². The second-order valence-electron chi connectivity index (χ2n) is 6.76. The van der Waals surface area contributed by atoms with Crippen molar-refractivity contribution in [1.29, 1.82) is 0 Å². The minimum absolute atomic E-state index is 0.144. The number of benzene rings is 2. The van der Waals surface area contributed by atoms with E-state index in [4.69, 9.17) is 5.11 Å². The molecule has 0 radical (unpaired) electrons. The first-order valence-electron chi connectivity index (χ1n) is 8.83. The number of para-hydroxylation sites is 1. The number of sulfonamides is 1. The van der Waals surface area contributed by atoms with Gasteiger partial charge in [0.15, 0.2) is 0 Å². The number of carboxylic acid groups (broad SMARTS) is 1. The van der Waals surface area contributed by atoms with Crippen molar-refractivity contribution in [3.05, 3.63) is 65.9 Å². The van der Waals surface area contributed by atoms with Gasteiger partial charge in [-0.05, 0) is 41.6 Å². The number of carboxylic acids is 1. The number of fused-ring (bicyclic) bond motifs is 3. The molecule has 1 aliphatic heterocycles. The van der Waals surface area contributed by atoms with Gasteiger partial charge < -0.3 is 9.67 Å². The molecule has 0 saturated heterocycles. The second-order valence-corrected chi connectivity index (χ2v) is 8.69. The Morgan fingerprint density at radius 1 is 1.04 bits per heavy atom. The predicted octanol–water partition coefficient (Wildman–Crippen LogP) is 2.86. The quantitative estimate of drug-likeness (QED) is 0.750. The van der Waals surface area contributed by atoms with Crippen LogP contribution in [0.4, 0.5) is 0 Å². The summed E-state index contributed by atoms with van der Waals surface area (Å²) in [5.41, 5.74) is 2.57. The maximum atomic E-state index is 13.2. The number of aromatic nitrogens is 1. The van der Waals surface area contributed by atoms with Crippen LogP contribution in [-0.2, 0) is 34.3 Å². The molecule has 0 bridgehead atoms. The van der Waals surface area contributed by atoms with E-state index >= 15 is 0 Å². The molecule has 0 spiro atoms. The highest BCUT2D eigenvalue weighted by molar-refractivity contribution is 7.89. The fourth-order valence-electron chi connectivity index (χ4n) is 3.67. The van der Waals surface area contributed by atoms with Gasteiger partial charge in [-0.25, -0.2) is 8.42 Å². The van der Waals surface area contributed by atoms with Gasteiger partial charge in [-0.1, -0.05) is 30.3 Å². The summed E-state index contributed by atoms with van der Waals surface area (Å²) in [5.74, 6) is -0.983. The van der Waals surface area contributed by atoms with Crippen molar-refractivity contribution in [3.8, 4) is 0 Å². The molecule has 3 aromatic rings. The van der Waals surface area contributed by atoms with Gasteiger partial charge in [0.1, 0.15) is 0 Å². The Kier molecular flexibility index (Phi) is 4.49. The van der Waals surface area contributed by atoms with E-state index in [-0.39, 0.29) is 11.3 Å². The van der Waals surface area contributed by atoms with E-state index in [9.17, 15) is 13.2 Å². The van der Waals surface area contributed by atoms with Crippen molar-refractivity contribution in [2.24, 2.45) is 0 Å². The van der Waals surface area contributed by atoms with Gasteiger partial charge in [-0.2, -0.15) is 4.31 Å². The van der Waals surface area contributed by atoms with Crippen LogP contribution in [0.25, 0.3) is 10.9 Å². The predicted molar refractivity (Wildman–Crippen MR) is 102 cm³/mol. The van der Waals surface area contributed by atoms with Gasteiger partial charge >= 0.3 is 5.97 Å². The highest BCUT2D eigenvalue weighted by Gasteiger charge is 2.28. The molecular formula is C20H20N2O4S. The van der Waals surface area contributed by atoms with Crippen LogP contribution in [-0.4, -0.2) is 34.9 Å². The van der Waals surface area contributed by atoms with E-state index in [1.807, 2.05) is 24.3 Å². The molecule has 0 amide bonds. The summed E-state index contributed by atoms with van der Waals surface area (Å²) in [6.45, 7) is 1.51. The summed E-state index contributed by atoms with van der Waals surface area (Å²) < 4.78 is 30.0. The smallest absolute Gasteiger partial charge is 0.307 e. The van der Waals surface area contributed by atoms with Crippen LogP contribution >= 0.6 is 0 Å². The largest absolute Gasteiger partial charge is 0.481 e. The fourth-order valence-corrected chi connectivity index (χ4v) is 5.19. The maximum Gasteiger partial charge on any atom is 0.307 e. The second kappa shape index (κ2) is 6.83. The van der Waals surface area contributed by atoms with E-state index in [0.29, 0.717) is 18.7 Å². The third-order valence-electron chi connectivity index (χ3n) is 4.92. The van der Waals surface area contributed by atoms with Crippen LogP contribution < -0.4 is 0 Å². The van der Waals surface area contributed by atoms with E-state index in [2.05, 4.69) is 10.6 Å². The first kappa shape index (κ1) is 17.8. The van der Waals surface area contributed by atoms with Crippen molar-refractivity contribution in [2.75, 3.05) is 6.54 Å². The number of carbonyl (C=O) groups is 1. The highest BCUT2D eigenvalue weighted by atomic mass is 32.2. The molecular weight excluding hydrogens is 364 g/mol. The monoisotopic (exact) mass is 384 g/mol. The van der Waals surface area contributed by atoms with Crippen LogP contribution in [0.5, 0.6) is 0 Å². The molecule has 0 saturated carbocycles. The molecule has 2 aromatic carbocycles. The van der Waals surface area contributed by atoms with Crippen molar-refractivity contribution < 1.29 is 18.3 Å². The maximum absolute atomic E-state index is 13.2. The number of nitrogens with zero attached hydrogens (tertiary/aromatic N) is 2. The highest BCUT2D eigenvalue weighted by Crippen LogP contribution is 2.27. The Balaban J connectivity index is 1.69. The van der Waals surface area contributed by atoms with Crippen LogP contribution in [0.1, 0.15) is 17.7 Å². The molecule has 2 heterocycles. The van der Waals surface area contributed by atoms with E-state index < -0.39 is 16.0 Å². The molecule has 0 fully saturated rings. The summed E-state index contributed by atoms with van der Waals surface area (Å²) in [6, 6.07) is 16.3. The van der Waals surface area contributed by atoms with Gasteiger partial charge in [-0.3, -0.25) is 4.79 Å². The van der Waals surface area contributed by atoms with Crippen LogP contribution in [0.2, 0.25) is 0 Å². The summed E-state index contributed by atoms with van der Waals surface area (Å²) in [7, 11) is -3.70. The van der Waals surface area contributed by atoms with Gasteiger partial charge in [0.05, 0.1) is 17.9 Å². The van der Waals surface area contributed by atoms with Gasteiger partial charge in [0.25, 0.3) is 0 Å². The molecule has 7 heteroatoms. The lowest BCUT2D eigenvalue weighted by Gasteiger charge is -2.20. The summed E-state index contributed by atoms with van der Waals surface area (Å²) in [5, 5.41) is 10.1. The van der Waals surface area contributed by atoms with Gasteiger partial charge in [0.2, 0.25) is 10.0 Å². The van der Waals surface area contributed by atoms with Crippen molar-refractivity contribution >= 4 is 26.9 Å². The zero-order valence-corrected chi connectivity index (χ0v) is 15.5. The summed E-state index contributed by atoms with van der Waals surface area (Å²) in [6.07, 6.45) is 0.525. The molecule has 0 atom stereocenters. The number of aliphatic carboxylic acids is 1. The minimum Gasteiger partial charge on any atom is -0.481 e. The molecule has 1 aliphatic rings. The Bertz CT molecular complexity index is 1120. The standard InChI is InChI=1S/C20H20N2O4S/c23-20(24)12-15-5-3-7-18(11-15)27(25,26)21-9-4-10-22-17(14-21)13-16-6-1-2-8-19(16)22/h1-3,5-8,11,13H,4,9-10,12,14H2,(H,23,24). The first-order valence-corrected chi connectivity index (χ1v) is 10.3. The molecule has 140 valence electrons. The van der Waals surface area contributed by atoms with Crippen molar-refractivity contribution in [2.45, 2.75) is 30.8 Å². The van der Waals surface area contributed by atoms with Crippen LogP contribution in [0.3, 0.4) is 0 Å². The molecule has 0 unspecified atom stereocenters. The first-order chi connectivity index (χ1) is 12.9. The zero-order valence-electron chi connectivity index (χ0n) is 14.7. The van der Waals surface area contributed by atoms with Gasteiger partial charge in [0, 0.05) is 24.3 Å². The van der Waals surface area contributed by atoms with Crippen LogP contribution in [0, 0.1) is 0 Å². The Morgan fingerprint density at radius 2 is 1.85 bits per heavy atom. The molecule has 1 aromatic heterocycles. The lowest BCUT2D eigenvalue weighted by molar-refractivity contribution is -0.136. The SMILES string of the molecule is O=C(O)Cc1cccc(S(=O)(=O)N2CCCn3c(cc4ccccc43)C2)c1. The summed E-state index contributed by atoms with van der Waals surface area (Å²) >= 11 is 0. The van der Waals surface area contributed by atoms with E-state index in [1.54, 1.807) is 12.1 Å². The third-order valence-corrected chi connectivity index (χ3v) is 6.76. The Morgan fingerprint density at radius 3 is 2.67 bits per heavy atom. The van der Waals surface area contributed by atoms with E-state index in [1.165, 1.54) is 16.4 Å². The van der Waals surface area contributed by atoms with Crippen molar-refractivity contribution in [3.63, 3.8) is 0 Å². The lowest BCUT2D eigenvalue weighted by atomic mass is 10.2. The Labute approximate surface area is 157 Å². The average molecular weight is 384 g/mol. The number of rotatable bonds is 4. The normalized spacial score (nSPS) is 15.4. The molecule has 4 rings (SSSR count). The minimum atomic E-state index is -3.70. The zero-order chi connectivity index (χ0) is 19.0. The fraction of sp³-hybridized carbons (Fsp3) is 0.250. The molecule has 1 N–H and O–H groups in total. The lowest BCUT2D eigenvalue weighted by Crippen LogP contribution is -2.31. The Hall–Kier alpha value is -2.64. The van der Waals surface area contributed by atoms with Crippen molar-refractivity contribution in [1.82, 2.24) is 8.87 Å². The number of hydrogen-bond acceptors (Lipinski definition) is 3. The number of aryl methyl sites for hydroxylation is 1. The third kappa shape index (κ3) is 3.36. The average Bonchev–Trinajstić information content (AvgIpc) is 2.83. The van der Waals surface area contributed by atoms with Gasteiger partial charge in [-0.15, -0.1) is 0 Å². The number of hydrogen-bond donors (Lipinski definition) is 1. The van der Waals surface area contributed by atoms with Crippen LogP contribution in [0.15, 0.2) is 59.5 Å². The van der Waals surface area contributed by atoms with E-state index in [0.717, 1.165) is 29.6 Å². The summed E-state index contributed by atoms with van der Waals surface area (Å²) in [4.78, 5) is 11.1.